The van der Waals surface area contributed by atoms with Crippen LogP contribution >= 0.6 is 0 Å². The summed E-state index contributed by atoms with van der Waals surface area (Å²) in [7, 11) is 1.64. The highest BCUT2D eigenvalue weighted by molar-refractivity contribution is 5.75. The fraction of sp³-hybridized carbons (Fsp3) is 0.474. The third-order valence-electron chi connectivity index (χ3n) is 4.47. The van der Waals surface area contributed by atoms with Crippen LogP contribution in [0.2, 0.25) is 0 Å². The predicted octanol–water partition coefficient (Wildman–Crippen LogP) is 3.22. The van der Waals surface area contributed by atoms with Gasteiger partial charge in [0.2, 0.25) is 0 Å². The summed E-state index contributed by atoms with van der Waals surface area (Å²) >= 11 is 0. The monoisotopic (exact) mass is 343 g/mol. The second-order valence-corrected chi connectivity index (χ2v) is 6.38. The van der Waals surface area contributed by atoms with Crippen LogP contribution in [-0.4, -0.2) is 36.1 Å². The standard InChI is InChI=1S/C19H25N3O3/c1-14-5-6-15(12-21-14)9-10-20-19(23)22-11-3-4-17(22)18-8-7-16(25-18)13-24-2/h5-8,12,17H,3-4,9-11,13H2,1-2H3,(H,20,23). The number of ether oxygens (including phenoxy) is 1. The predicted molar refractivity (Wildman–Crippen MR) is 94.2 cm³/mol. The molecule has 1 aliphatic heterocycles. The first kappa shape index (κ1) is 17.5. The van der Waals surface area contributed by atoms with Crippen molar-refractivity contribution in [3.8, 4) is 0 Å². The molecule has 134 valence electrons. The molecule has 6 nitrogen and oxygen atoms in total. The van der Waals surface area contributed by atoms with Gasteiger partial charge in [-0.15, -0.1) is 0 Å². The van der Waals surface area contributed by atoms with E-state index in [0.29, 0.717) is 13.2 Å². The Bertz CT molecular complexity index is 696. The number of nitrogens with one attached hydrogen (secondary N) is 1. The zero-order valence-electron chi connectivity index (χ0n) is 14.8. The average Bonchev–Trinajstić information content (AvgIpc) is 3.26. The lowest BCUT2D eigenvalue weighted by atomic mass is 10.2. The topological polar surface area (TPSA) is 67.6 Å². The van der Waals surface area contributed by atoms with E-state index in [9.17, 15) is 4.79 Å². The number of aromatic nitrogens is 1. The molecule has 1 N–H and O–H groups in total. The Hall–Kier alpha value is -2.34. The number of likely N-dealkylation sites (tertiary alicyclic amines) is 1. The summed E-state index contributed by atoms with van der Waals surface area (Å²) in [5, 5.41) is 3.01. The Morgan fingerprint density at radius 2 is 2.28 bits per heavy atom. The van der Waals surface area contributed by atoms with Crippen LogP contribution in [0.5, 0.6) is 0 Å². The first-order chi connectivity index (χ1) is 12.2. The van der Waals surface area contributed by atoms with Gasteiger partial charge in [0.05, 0.1) is 6.04 Å². The Kier molecular flexibility index (Phi) is 5.71. The summed E-state index contributed by atoms with van der Waals surface area (Å²) in [5.74, 6) is 1.62. The fourth-order valence-corrected chi connectivity index (χ4v) is 3.16. The van der Waals surface area contributed by atoms with Crippen molar-refractivity contribution in [2.75, 3.05) is 20.2 Å². The third kappa shape index (κ3) is 4.39. The molecule has 0 radical (unpaired) electrons. The van der Waals surface area contributed by atoms with Gasteiger partial charge in [0.25, 0.3) is 0 Å². The molecule has 0 saturated carbocycles. The van der Waals surface area contributed by atoms with Crippen LogP contribution in [0.4, 0.5) is 4.79 Å². The highest BCUT2D eigenvalue weighted by Crippen LogP contribution is 2.33. The van der Waals surface area contributed by atoms with Crippen LogP contribution in [0.3, 0.4) is 0 Å². The number of methoxy groups -OCH3 is 1. The van der Waals surface area contributed by atoms with Gasteiger partial charge in [-0.3, -0.25) is 4.98 Å². The molecular weight excluding hydrogens is 318 g/mol. The highest BCUT2D eigenvalue weighted by Gasteiger charge is 2.32. The number of furan rings is 1. The molecule has 1 unspecified atom stereocenters. The van der Waals surface area contributed by atoms with Gasteiger partial charge in [-0.2, -0.15) is 0 Å². The van der Waals surface area contributed by atoms with Gasteiger partial charge in [0.1, 0.15) is 18.1 Å². The molecule has 2 amide bonds. The van der Waals surface area contributed by atoms with Crippen LogP contribution in [0.15, 0.2) is 34.9 Å². The van der Waals surface area contributed by atoms with Crippen molar-refractivity contribution in [3.05, 3.63) is 53.2 Å². The summed E-state index contributed by atoms with van der Waals surface area (Å²) in [4.78, 5) is 18.7. The summed E-state index contributed by atoms with van der Waals surface area (Å²) in [6.45, 7) is 3.76. The summed E-state index contributed by atoms with van der Waals surface area (Å²) in [6.07, 6.45) is 4.55. The molecule has 0 bridgehead atoms. The molecule has 0 aliphatic carbocycles. The molecule has 0 spiro atoms. The maximum absolute atomic E-state index is 12.5. The average molecular weight is 343 g/mol. The minimum atomic E-state index is -0.0349. The number of hydrogen-bond donors (Lipinski definition) is 1. The molecule has 1 aliphatic rings. The van der Waals surface area contributed by atoms with E-state index < -0.39 is 0 Å². The van der Waals surface area contributed by atoms with Gasteiger partial charge in [-0.1, -0.05) is 6.07 Å². The number of hydrogen-bond acceptors (Lipinski definition) is 4. The normalized spacial score (nSPS) is 17.0. The molecule has 1 fully saturated rings. The van der Waals surface area contributed by atoms with Crippen LogP contribution in [-0.2, 0) is 17.8 Å². The molecule has 1 atom stereocenters. The second-order valence-electron chi connectivity index (χ2n) is 6.38. The van der Waals surface area contributed by atoms with E-state index in [0.717, 1.165) is 48.6 Å². The van der Waals surface area contributed by atoms with Crippen LogP contribution in [0.25, 0.3) is 0 Å². The Balaban J connectivity index is 1.54. The van der Waals surface area contributed by atoms with Gasteiger partial charge < -0.3 is 19.4 Å². The minimum absolute atomic E-state index is 0.00616. The van der Waals surface area contributed by atoms with Gasteiger partial charge in [0, 0.05) is 32.1 Å². The van der Waals surface area contributed by atoms with E-state index in [4.69, 9.17) is 9.15 Å². The Morgan fingerprint density at radius 3 is 3.04 bits per heavy atom. The quantitative estimate of drug-likeness (QED) is 0.874. The smallest absolute Gasteiger partial charge is 0.318 e. The lowest BCUT2D eigenvalue weighted by Gasteiger charge is -2.23. The molecule has 6 heteroatoms. The van der Waals surface area contributed by atoms with Gasteiger partial charge in [0.15, 0.2) is 0 Å². The Morgan fingerprint density at radius 1 is 1.40 bits per heavy atom. The van der Waals surface area contributed by atoms with Crippen molar-refractivity contribution in [1.29, 1.82) is 0 Å². The van der Waals surface area contributed by atoms with Crippen LogP contribution in [0, 0.1) is 6.92 Å². The number of nitrogens with zero attached hydrogens (tertiary/aromatic N) is 2. The number of amides is 2. The third-order valence-corrected chi connectivity index (χ3v) is 4.47. The first-order valence-electron chi connectivity index (χ1n) is 8.71. The van der Waals surface area contributed by atoms with Gasteiger partial charge in [-0.05, 0) is 49.9 Å². The van der Waals surface area contributed by atoms with Crippen molar-refractivity contribution in [2.45, 2.75) is 38.8 Å². The molecule has 2 aromatic rings. The summed E-state index contributed by atoms with van der Waals surface area (Å²) in [6, 6.07) is 7.87. The number of urea groups is 1. The first-order valence-corrected chi connectivity index (χ1v) is 8.71. The zero-order chi connectivity index (χ0) is 17.6. The number of aryl methyl sites for hydroxylation is 1. The van der Waals surface area contributed by atoms with E-state index in [2.05, 4.69) is 10.3 Å². The van der Waals surface area contributed by atoms with E-state index in [1.54, 1.807) is 7.11 Å². The molecule has 0 aromatic carbocycles. The minimum Gasteiger partial charge on any atom is -0.461 e. The molecule has 3 rings (SSSR count). The van der Waals surface area contributed by atoms with Crippen molar-refractivity contribution in [3.63, 3.8) is 0 Å². The summed E-state index contributed by atoms with van der Waals surface area (Å²) < 4.78 is 10.9. The molecule has 1 saturated heterocycles. The van der Waals surface area contributed by atoms with Gasteiger partial charge in [-0.25, -0.2) is 4.79 Å². The number of rotatable bonds is 6. The molecular formula is C19H25N3O3. The van der Waals surface area contributed by atoms with Crippen LogP contribution in [0.1, 0.15) is 41.7 Å². The lowest BCUT2D eigenvalue weighted by Crippen LogP contribution is -2.40. The maximum Gasteiger partial charge on any atom is 0.318 e. The number of pyridine rings is 1. The zero-order valence-corrected chi connectivity index (χ0v) is 14.8. The summed E-state index contributed by atoms with van der Waals surface area (Å²) in [5.41, 5.74) is 2.12. The van der Waals surface area contributed by atoms with Crippen molar-refractivity contribution in [1.82, 2.24) is 15.2 Å². The van der Waals surface area contributed by atoms with Crippen LogP contribution < -0.4 is 5.32 Å². The molecule has 25 heavy (non-hydrogen) atoms. The number of carbonyl (C=O) groups excluding carboxylic acids is 1. The molecule has 3 heterocycles. The van der Waals surface area contributed by atoms with Gasteiger partial charge >= 0.3 is 6.03 Å². The lowest BCUT2D eigenvalue weighted by molar-refractivity contribution is 0.156. The largest absolute Gasteiger partial charge is 0.461 e. The van der Waals surface area contributed by atoms with Crippen molar-refractivity contribution >= 4 is 6.03 Å². The Labute approximate surface area is 148 Å². The number of carbonyl (C=O) groups is 1. The highest BCUT2D eigenvalue weighted by atomic mass is 16.5. The maximum atomic E-state index is 12.5. The van der Waals surface area contributed by atoms with E-state index >= 15 is 0 Å². The van der Waals surface area contributed by atoms with E-state index in [1.165, 1.54) is 0 Å². The van der Waals surface area contributed by atoms with Crippen molar-refractivity contribution in [2.24, 2.45) is 0 Å². The second kappa shape index (κ2) is 8.16. The van der Waals surface area contributed by atoms with E-state index in [1.807, 2.05) is 42.3 Å². The SMILES string of the molecule is COCc1ccc(C2CCCN2C(=O)NCCc2ccc(C)nc2)o1. The van der Waals surface area contributed by atoms with E-state index in [-0.39, 0.29) is 12.1 Å². The fourth-order valence-electron chi connectivity index (χ4n) is 3.16. The molecule has 2 aromatic heterocycles. The van der Waals surface area contributed by atoms with Crippen molar-refractivity contribution < 1.29 is 13.9 Å².